The van der Waals surface area contributed by atoms with E-state index >= 15 is 0 Å². The summed E-state index contributed by atoms with van der Waals surface area (Å²) in [5.74, 6) is -6.36. The Morgan fingerprint density at radius 3 is 2.21 bits per heavy atom. The van der Waals surface area contributed by atoms with Gasteiger partial charge in [0.1, 0.15) is 22.8 Å². The van der Waals surface area contributed by atoms with Crippen molar-refractivity contribution in [2.75, 3.05) is 0 Å². The van der Waals surface area contributed by atoms with Crippen LogP contribution in [0.15, 0.2) is 59.1 Å². The molecule has 0 aromatic heterocycles. The number of aryl methyl sites for hydroxylation is 2. The Morgan fingerprint density at radius 2 is 1.64 bits per heavy atom. The van der Waals surface area contributed by atoms with Crippen LogP contribution in [-0.4, -0.2) is 43.4 Å². The number of Topliss-reactive ketones (excluding diaryl/α,β-unsaturated/α-hetero) is 3. The van der Waals surface area contributed by atoms with Gasteiger partial charge in [-0.05, 0) is 73.3 Å². The van der Waals surface area contributed by atoms with Crippen molar-refractivity contribution in [3.63, 3.8) is 0 Å². The summed E-state index contributed by atoms with van der Waals surface area (Å²) in [6.45, 7) is 14.2. The van der Waals surface area contributed by atoms with Crippen LogP contribution in [0.2, 0.25) is 0 Å². The minimum atomic E-state index is -2.66. The van der Waals surface area contributed by atoms with E-state index in [2.05, 4.69) is 6.07 Å². The van der Waals surface area contributed by atoms with Crippen LogP contribution in [0.4, 0.5) is 0 Å². The van der Waals surface area contributed by atoms with Crippen molar-refractivity contribution in [2.24, 2.45) is 28.6 Å². The minimum Gasteiger partial charge on any atom is -0.511 e. The number of phenolic OH excluding ortho intramolecular Hbond substituents is 1. The number of aliphatic hydroxyl groups excluding tert-OH is 2. The highest BCUT2D eigenvalue weighted by Gasteiger charge is 2.75. The summed E-state index contributed by atoms with van der Waals surface area (Å²) < 4.78 is 0. The Morgan fingerprint density at radius 1 is 1.00 bits per heavy atom. The Bertz CT molecular complexity index is 1630. The van der Waals surface area contributed by atoms with Gasteiger partial charge in [-0.1, -0.05) is 65.0 Å². The Kier molecular flexibility index (Phi) is 6.66. The lowest BCUT2D eigenvalue weighted by molar-refractivity contribution is -0.189. The van der Waals surface area contributed by atoms with Crippen LogP contribution in [0.5, 0.6) is 5.75 Å². The molecule has 4 N–H and O–H groups in total. The van der Waals surface area contributed by atoms with E-state index < -0.39 is 68.6 Å². The largest absolute Gasteiger partial charge is 0.511 e. The monoisotopic (exact) mass is 572 g/mol. The van der Waals surface area contributed by atoms with Crippen molar-refractivity contribution in [3.8, 4) is 5.75 Å². The highest BCUT2D eigenvalue weighted by Crippen LogP contribution is 2.70. The number of allylic oxidation sites excluding steroid dienone is 2. The summed E-state index contributed by atoms with van der Waals surface area (Å²) in [5.41, 5.74) is -2.16. The third-order valence-corrected chi connectivity index (χ3v) is 11.1. The smallest absolute Gasteiger partial charge is 0.209 e. The van der Waals surface area contributed by atoms with Crippen molar-refractivity contribution in [1.82, 2.24) is 0 Å². The SMILES string of the molecule is CC(=O)C1=C(O)C(C(C)C)[C@@]2(C)[C@H](C)[C@]3(C)C(=C(O)[C@@]2(O)C1=O)C(=O)c1c(O)cccc1[C@H]3Cc1ccc(C)c(C)c1. The number of fused-ring (bicyclic) bond motifs is 3. The topological polar surface area (TPSA) is 132 Å². The second-order valence-corrected chi connectivity index (χ2v) is 13.3. The zero-order chi connectivity index (χ0) is 31.3. The molecule has 0 saturated heterocycles. The third kappa shape index (κ3) is 3.46. The van der Waals surface area contributed by atoms with Gasteiger partial charge in [-0.2, -0.15) is 0 Å². The van der Waals surface area contributed by atoms with Crippen molar-refractivity contribution < 1.29 is 34.8 Å². The molecule has 0 spiro atoms. The number of hydrogen-bond donors (Lipinski definition) is 4. The van der Waals surface area contributed by atoms with Gasteiger partial charge in [0.05, 0.1) is 5.56 Å². The summed E-state index contributed by atoms with van der Waals surface area (Å²) in [5, 5.41) is 47.0. The molecular weight excluding hydrogens is 532 g/mol. The van der Waals surface area contributed by atoms with Crippen LogP contribution in [0.3, 0.4) is 0 Å². The van der Waals surface area contributed by atoms with Crippen LogP contribution in [-0.2, 0) is 16.0 Å². The lowest BCUT2D eigenvalue weighted by Crippen LogP contribution is -2.71. The number of aliphatic hydroxyl groups is 3. The number of aromatic hydroxyl groups is 1. The van der Waals surface area contributed by atoms with Crippen molar-refractivity contribution in [2.45, 2.75) is 73.3 Å². The number of rotatable bonds is 4. The molecular formula is C35H40O7. The lowest BCUT2D eigenvalue weighted by Gasteiger charge is -2.64. The second kappa shape index (κ2) is 9.40. The molecule has 0 bridgehead atoms. The van der Waals surface area contributed by atoms with Gasteiger partial charge in [-0.25, -0.2) is 0 Å². The lowest BCUT2D eigenvalue weighted by atomic mass is 9.38. The van der Waals surface area contributed by atoms with E-state index in [1.807, 2.05) is 59.7 Å². The quantitative estimate of drug-likeness (QED) is 0.331. The van der Waals surface area contributed by atoms with E-state index in [0.717, 1.165) is 23.6 Å². The molecule has 42 heavy (non-hydrogen) atoms. The van der Waals surface area contributed by atoms with Gasteiger partial charge in [0.2, 0.25) is 5.78 Å². The number of phenols is 1. The highest BCUT2D eigenvalue weighted by atomic mass is 16.3. The fourth-order valence-electron chi connectivity index (χ4n) is 8.64. The van der Waals surface area contributed by atoms with Gasteiger partial charge in [-0.15, -0.1) is 0 Å². The number of ketones is 3. The average molecular weight is 573 g/mol. The molecule has 3 aliphatic rings. The minimum absolute atomic E-state index is 0.0265. The van der Waals surface area contributed by atoms with Crippen LogP contribution in [0.25, 0.3) is 0 Å². The molecule has 1 unspecified atom stereocenters. The first-order chi connectivity index (χ1) is 19.5. The Balaban J connectivity index is 1.89. The summed E-state index contributed by atoms with van der Waals surface area (Å²) >= 11 is 0. The van der Waals surface area contributed by atoms with E-state index in [1.54, 1.807) is 13.0 Å². The van der Waals surface area contributed by atoms with Gasteiger partial charge in [-0.3, -0.25) is 14.4 Å². The average Bonchev–Trinajstić information content (AvgIpc) is 2.90. The molecule has 222 valence electrons. The van der Waals surface area contributed by atoms with E-state index in [-0.39, 0.29) is 22.8 Å². The zero-order valence-electron chi connectivity index (χ0n) is 25.5. The predicted octanol–water partition coefficient (Wildman–Crippen LogP) is 5.99. The van der Waals surface area contributed by atoms with Gasteiger partial charge in [0.15, 0.2) is 17.2 Å². The maximum atomic E-state index is 14.3. The van der Waals surface area contributed by atoms with Gasteiger partial charge < -0.3 is 20.4 Å². The zero-order valence-corrected chi connectivity index (χ0v) is 25.5. The predicted molar refractivity (Wildman–Crippen MR) is 158 cm³/mol. The van der Waals surface area contributed by atoms with Gasteiger partial charge in [0.25, 0.3) is 0 Å². The summed E-state index contributed by atoms with van der Waals surface area (Å²) in [6, 6.07) is 11.0. The summed E-state index contributed by atoms with van der Waals surface area (Å²) in [7, 11) is 0. The molecule has 0 saturated carbocycles. The first-order valence-electron chi connectivity index (χ1n) is 14.5. The van der Waals surface area contributed by atoms with Crippen LogP contribution >= 0.6 is 0 Å². The van der Waals surface area contributed by atoms with Crippen LogP contribution < -0.4 is 0 Å². The molecule has 0 aliphatic heterocycles. The molecule has 0 amide bonds. The van der Waals surface area contributed by atoms with Crippen molar-refractivity contribution >= 4 is 17.3 Å². The van der Waals surface area contributed by atoms with Crippen LogP contribution in [0, 0.1) is 42.4 Å². The van der Waals surface area contributed by atoms with E-state index in [4.69, 9.17) is 0 Å². The van der Waals surface area contributed by atoms with Crippen molar-refractivity contribution in [1.29, 1.82) is 0 Å². The van der Waals surface area contributed by atoms with Crippen LogP contribution in [0.1, 0.15) is 80.1 Å². The number of hydrogen-bond acceptors (Lipinski definition) is 7. The molecule has 0 fully saturated rings. The second-order valence-electron chi connectivity index (χ2n) is 13.3. The molecule has 7 heteroatoms. The molecule has 7 nitrogen and oxygen atoms in total. The molecule has 2 aromatic carbocycles. The van der Waals surface area contributed by atoms with Gasteiger partial charge >= 0.3 is 0 Å². The number of carbonyl (C=O) groups is 3. The number of benzene rings is 2. The Hall–Kier alpha value is -3.71. The Labute approximate surface area is 246 Å². The first kappa shape index (κ1) is 29.8. The van der Waals surface area contributed by atoms with E-state index in [1.165, 1.54) is 6.07 Å². The summed E-state index contributed by atoms with van der Waals surface area (Å²) in [6.07, 6.45) is 0.442. The number of carbonyl (C=O) groups excluding carboxylic acids is 3. The fourth-order valence-corrected chi connectivity index (χ4v) is 8.64. The van der Waals surface area contributed by atoms with E-state index in [9.17, 15) is 34.8 Å². The molecule has 2 aromatic rings. The van der Waals surface area contributed by atoms with Gasteiger partial charge in [0, 0.05) is 22.3 Å². The molecule has 3 aliphatic carbocycles. The molecule has 0 radical (unpaired) electrons. The van der Waals surface area contributed by atoms with E-state index in [0.29, 0.717) is 12.0 Å². The maximum Gasteiger partial charge on any atom is 0.209 e. The normalized spacial score (nSPS) is 32.6. The molecule has 5 rings (SSSR count). The summed E-state index contributed by atoms with van der Waals surface area (Å²) in [4.78, 5) is 41.1. The molecule has 0 heterocycles. The van der Waals surface area contributed by atoms with Crippen molar-refractivity contribution in [3.05, 3.63) is 86.9 Å². The maximum absolute atomic E-state index is 14.3. The standard InChI is InChI=1S/C35H40O7/c1-16(2)27-29(38)25(19(5)36)31(40)35(42)32(41)28-30(39)26-22(10-9-11-24(26)37)23(33(28,7)20(6)34(27,35)8)15-21-13-12-17(3)18(4)14-21/h9-14,16,20,23,27,37-38,41-42H,15H2,1-8H3/t20-,23-,27?,33+,34-,35+/m1/s1. The first-order valence-corrected chi connectivity index (χ1v) is 14.5. The highest BCUT2D eigenvalue weighted by molar-refractivity contribution is 6.25. The molecule has 6 atom stereocenters. The third-order valence-electron chi connectivity index (χ3n) is 11.1. The fraction of sp³-hybridized carbons (Fsp3) is 0.457.